The lowest BCUT2D eigenvalue weighted by Crippen LogP contribution is -3.00. The van der Waals surface area contributed by atoms with Crippen LogP contribution in [0.4, 0.5) is 0 Å². The Morgan fingerprint density at radius 1 is 1.28 bits per heavy atom. The molecule has 0 N–H and O–H groups in total. The van der Waals surface area contributed by atoms with Crippen molar-refractivity contribution >= 4 is 25.1 Å². The van der Waals surface area contributed by atoms with Crippen molar-refractivity contribution in [2.24, 2.45) is 0 Å². The Labute approximate surface area is 120 Å². The highest BCUT2D eigenvalue weighted by molar-refractivity contribution is 7.69. The molecule has 0 unspecified atom stereocenters. The van der Waals surface area contributed by atoms with Crippen molar-refractivity contribution in [2.75, 3.05) is 27.1 Å². The smallest absolute Gasteiger partial charge is 0.344 e. The average Bonchev–Trinajstić information content (AvgIpc) is 2.25. The van der Waals surface area contributed by atoms with Crippen molar-refractivity contribution in [3.05, 3.63) is 34.9 Å². The van der Waals surface area contributed by atoms with Crippen LogP contribution in [0.15, 0.2) is 24.3 Å². The minimum Gasteiger partial charge on any atom is -1.00 e. The molecule has 0 aliphatic carbocycles. The molecule has 1 atom stereocenters. The van der Waals surface area contributed by atoms with Gasteiger partial charge in [0.1, 0.15) is 7.49 Å². The summed E-state index contributed by atoms with van der Waals surface area (Å²) in [6, 6.07) is 7.14. The number of benzene rings is 1. The van der Waals surface area contributed by atoms with Crippen LogP contribution in [0.2, 0.25) is 5.02 Å². The summed E-state index contributed by atoms with van der Waals surface area (Å²) in [7, 11) is -0.240. The molecule has 0 saturated heterocycles. The minimum atomic E-state index is -1.58. The number of hydrogen-bond acceptors (Lipinski definition) is 3. The predicted molar refractivity (Wildman–Crippen MR) is 72.0 cm³/mol. The zero-order valence-corrected chi connectivity index (χ0v) is 13.2. The van der Waals surface area contributed by atoms with Crippen LogP contribution < -0.4 is 12.4 Å². The molecule has 0 saturated carbocycles. The number of carbonyl (C=O) groups is 1. The second-order valence-electron chi connectivity index (χ2n) is 4.42. The van der Waals surface area contributed by atoms with Crippen LogP contribution in [0, 0.1) is 0 Å². The van der Waals surface area contributed by atoms with E-state index < -0.39 is 19.6 Å². The molecule has 0 aromatic heterocycles. The van der Waals surface area contributed by atoms with Crippen molar-refractivity contribution < 1.29 is 26.5 Å². The fourth-order valence-corrected chi connectivity index (χ4v) is 2.40. The summed E-state index contributed by atoms with van der Waals surface area (Å²) in [6.07, 6.45) is -0.748. The Hall–Kier alpha value is -0.340. The third-order valence-electron chi connectivity index (χ3n) is 2.02. The number of methoxy groups -OCH3 is 1. The van der Waals surface area contributed by atoms with Gasteiger partial charge in [-0.25, -0.2) is 9.32 Å². The van der Waals surface area contributed by atoms with Gasteiger partial charge in [-0.3, -0.25) is 0 Å². The van der Waals surface area contributed by atoms with Crippen molar-refractivity contribution in [1.82, 2.24) is 0 Å². The molecule has 0 heterocycles. The largest absolute Gasteiger partial charge is 1.00 e. The monoisotopic (exact) mass is 310 g/mol. The standard InChI is InChI=1S/C12H17ClO3P.ClH/c1-15-12(14)11(16-17(2,3)4)9-7-5-6-8-10(9)13;/h5-8,11H,1-4H3;1H/q+1;/p-1/t11-;/m1./s1. The van der Waals surface area contributed by atoms with E-state index in [1.807, 2.05) is 32.1 Å². The van der Waals surface area contributed by atoms with Crippen molar-refractivity contribution in [2.45, 2.75) is 6.10 Å². The van der Waals surface area contributed by atoms with Crippen LogP contribution in [-0.2, 0) is 14.1 Å². The van der Waals surface area contributed by atoms with Crippen LogP contribution in [0.5, 0.6) is 0 Å². The fourth-order valence-electron chi connectivity index (χ4n) is 1.34. The lowest BCUT2D eigenvalue weighted by atomic mass is 10.1. The van der Waals surface area contributed by atoms with E-state index in [2.05, 4.69) is 0 Å². The van der Waals surface area contributed by atoms with Gasteiger partial charge in [0.2, 0.25) is 6.10 Å². The van der Waals surface area contributed by atoms with Crippen molar-refractivity contribution in [3.8, 4) is 0 Å². The van der Waals surface area contributed by atoms with E-state index >= 15 is 0 Å². The van der Waals surface area contributed by atoms with Gasteiger partial charge in [-0.2, -0.15) is 0 Å². The van der Waals surface area contributed by atoms with Gasteiger partial charge in [0, 0.05) is 10.6 Å². The van der Waals surface area contributed by atoms with Gasteiger partial charge in [0.25, 0.3) is 0 Å². The molecule has 0 bridgehead atoms. The molecule has 1 rings (SSSR count). The number of hydrogen-bond donors (Lipinski definition) is 0. The molecule has 0 amide bonds. The van der Waals surface area contributed by atoms with Crippen LogP contribution in [0.25, 0.3) is 0 Å². The molecule has 102 valence electrons. The fraction of sp³-hybridized carbons (Fsp3) is 0.417. The maximum atomic E-state index is 11.8. The zero-order chi connectivity index (χ0) is 13.1. The van der Waals surface area contributed by atoms with Crippen molar-refractivity contribution in [1.29, 1.82) is 0 Å². The van der Waals surface area contributed by atoms with Crippen LogP contribution in [0.1, 0.15) is 11.7 Å². The second kappa shape index (κ2) is 7.30. The molecule has 18 heavy (non-hydrogen) atoms. The van der Waals surface area contributed by atoms with Gasteiger partial charge in [0.15, 0.2) is 0 Å². The molecule has 0 radical (unpaired) electrons. The lowest BCUT2D eigenvalue weighted by molar-refractivity contribution is -0.149. The second-order valence-corrected chi connectivity index (χ2v) is 8.82. The van der Waals surface area contributed by atoms with Gasteiger partial charge in [0.05, 0.1) is 27.1 Å². The first-order chi connectivity index (χ1) is 7.85. The molecule has 0 aliphatic heterocycles. The van der Waals surface area contributed by atoms with E-state index in [9.17, 15) is 4.79 Å². The van der Waals surface area contributed by atoms with E-state index in [1.54, 1.807) is 12.1 Å². The van der Waals surface area contributed by atoms with Crippen LogP contribution in [0.3, 0.4) is 0 Å². The summed E-state index contributed by atoms with van der Waals surface area (Å²) in [5.74, 6) is -0.423. The normalized spacial score (nSPS) is 12.5. The number of halogens is 2. The summed E-state index contributed by atoms with van der Waals surface area (Å²) in [5.41, 5.74) is 0.649. The third-order valence-corrected chi connectivity index (χ3v) is 3.21. The third kappa shape index (κ3) is 5.11. The molecule has 0 fully saturated rings. The van der Waals surface area contributed by atoms with E-state index in [-0.39, 0.29) is 12.4 Å². The summed E-state index contributed by atoms with van der Waals surface area (Å²) in [4.78, 5) is 11.8. The number of esters is 1. The molecule has 3 nitrogen and oxygen atoms in total. The lowest BCUT2D eigenvalue weighted by Gasteiger charge is -2.20. The van der Waals surface area contributed by atoms with Gasteiger partial charge in [-0.15, -0.1) is 0 Å². The Morgan fingerprint density at radius 3 is 2.28 bits per heavy atom. The van der Waals surface area contributed by atoms with Crippen LogP contribution >= 0.6 is 19.1 Å². The summed E-state index contributed by atoms with van der Waals surface area (Å²) in [5, 5.41) is 0.511. The summed E-state index contributed by atoms with van der Waals surface area (Å²) in [6.45, 7) is 5.96. The molecule has 0 aliphatic rings. The highest BCUT2D eigenvalue weighted by Crippen LogP contribution is 2.52. The minimum absolute atomic E-state index is 0. The first kappa shape index (κ1) is 17.7. The van der Waals surface area contributed by atoms with E-state index in [4.69, 9.17) is 20.9 Å². The van der Waals surface area contributed by atoms with Crippen LogP contribution in [-0.4, -0.2) is 33.1 Å². The van der Waals surface area contributed by atoms with E-state index in [0.717, 1.165) is 0 Å². The Morgan fingerprint density at radius 2 is 1.83 bits per heavy atom. The van der Waals surface area contributed by atoms with E-state index in [1.165, 1.54) is 7.11 Å². The molecule has 1 aromatic rings. The number of rotatable bonds is 4. The topological polar surface area (TPSA) is 35.5 Å². The van der Waals surface area contributed by atoms with Gasteiger partial charge < -0.3 is 17.1 Å². The van der Waals surface area contributed by atoms with Gasteiger partial charge >= 0.3 is 5.97 Å². The van der Waals surface area contributed by atoms with Gasteiger partial charge in [-0.05, 0) is 6.07 Å². The zero-order valence-electron chi connectivity index (χ0n) is 10.8. The van der Waals surface area contributed by atoms with Gasteiger partial charge in [-0.1, -0.05) is 29.8 Å². The summed E-state index contributed by atoms with van der Waals surface area (Å²) < 4.78 is 10.6. The number of ether oxygens (including phenoxy) is 1. The predicted octanol–water partition coefficient (Wildman–Crippen LogP) is 0.397. The Kier molecular flexibility index (Phi) is 7.16. The highest BCUT2D eigenvalue weighted by atomic mass is 35.5. The first-order valence-electron chi connectivity index (χ1n) is 5.17. The molecule has 6 heteroatoms. The number of carbonyl (C=O) groups excluding carboxylic acids is 1. The maximum absolute atomic E-state index is 11.8. The molecular formula is C12H17Cl2O3P. The maximum Gasteiger partial charge on any atom is 0.344 e. The van der Waals surface area contributed by atoms with Crippen molar-refractivity contribution in [3.63, 3.8) is 0 Å². The SMILES string of the molecule is COC(=O)[C@H](O[P+](C)(C)C)c1ccccc1Cl.[Cl-]. The average molecular weight is 311 g/mol. The molecular weight excluding hydrogens is 294 g/mol. The molecule has 0 spiro atoms. The molecule has 1 aromatic carbocycles. The van der Waals surface area contributed by atoms with E-state index in [0.29, 0.717) is 10.6 Å². The highest BCUT2D eigenvalue weighted by Gasteiger charge is 2.34. The quantitative estimate of drug-likeness (QED) is 0.596. The Balaban J connectivity index is 0.00000289. The Bertz CT molecular complexity index is 405. The first-order valence-corrected chi connectivity index (χ1v) is 8.60. The summed E-state index contributed by atoms with van der Waals surface area (Å²) >= 11 is 6.07.